The van der Waals surface area contributed by atoms with Gasteiger partial charge in [0.25, 0.3) is 0 Å². The molecule has 0 radical (unpaired) electrons. The molecule has 0 aromatic carbocycles. The molecule has 0 heterocycles. The van der Waals surface area contributed by atoms with Crippen LogP contribution in [-0.2, 0) is 4.79 Å². The minimum Gasteiger partial charge on any atom is -0.293 e. The number of hydrogen-bond donors (Lipinski definition) is 1. The Labute approximate surface area is 61.2 Å². The molecule has 34 valence electrons. The third-order valence-corrected chi connectivity index (χ3v) is 0.691. The molecule has 1 N–H and O–H groups in total. The first-order valence-electron chi connectivity index (χ1n) is 1.14. The monoisotopic (exact) mass is 163 g/mol. The molecule has 0 aromatic heterocycles. The van der Waals surface area contributed by atoms with Crippen LogP contribution in [0.25, 0.3) is 0 Å². The van der Waals surface area contributed by atoms with Gasteiger partial charge in [-0.25, -0.2) is 0 Å². The van der Waals surface area contributed by atoms with E-state index in [9.17, 15) is 4.79 Å². The Morgan fingerprint density at radius 3 is 2.00 bits per heavy atom. The summed E-state index contributed by atoms with van der Waals surface area (Å²) in [7, 11) is 0. The highest BCUT2D eigenvalue weighted by atomic mass is 79.9. The molecule has 4 heteroatoms. The first-order valence-corrected chi connectivity index (χ1v) is 1.94. The number of rotatable bonds is 0. The summed E-state index contributed by atoms with van der Waals surface area (Å²) in [6.07, 6.45) is 0. The normalized spacial score (nSPS) is 5.67. The molecule has 0 atom stereocenters. The van der Waals surface area contributed by atoms with Crippen molar-refractivity contribution in [1.82, 2.24) is 4.34 Å². The van der Waals surface area contributed by atoms with Crippen LogP contribution in [0.4, 0.5) is 0 Å². The lowest BCUT2D eigenvalue weighted by molar-refractivity contribution is -0.116. The van der Waals surface area contributed by atoms with E-state index in [-0.39, 0.29) is 29.0 Å². The van der Waals surface area contributed by atoms with Gasteiger partial charge in [-0.3, -0.25) is 9.14 Å². The Morgan fingerprint density at radius 2 is 2.00 bits per heavy atom. The largest absolute Gasteiger partial charge is 0.316 e. The molecule has 0 aliphatic heterocycles. The fraction of sp³-hybridized carbons (Fsp3) is 0.500. The minimum absolute atomic E-state index is 0. The van der Waals surface area contributed by atoms with E-state index < -0.39 is 0 Å². The van der Waals surface area contributed by atoms with Gasteiger partial charge < -0.3 is 0 Å². The van der Waals surface area contributed by atoms with Gasteiger partial charge in [-0.15, -0.1) is 0 Å². The summed E-state index contributed by atoms with van der Waals surface area (Å²) >= 11 is 2.71. The van der Waals surface area contributed by atoms with E-state index in [1.54, 1.807) is 0 Å². The van der Waals surface area contributed by atoms with Crippen molar-refractivity contribution in [3.05, 3.63) is 0 Å². The Kier molecular flexibility index (Phi) is 9.40. The molecule has 0 rings (SSSR count). The molecule has 1 amide bonds. The van der Waals surface area contributed by atoms with Crippen LogP contribution in [0.1, 0.15) is 6.92 Å². The maximum absolute atomic E-state index is 9.65. The van der Waals surface area contributed by atoms with Crippen molar-refractivity contribution in [1.29, 1.82) is 0 Å². The number of nitrogens with one attached hydrogen (secondary N) is 1. The van der Waals surface area contributed by atoms with E-state index in [0.29, 0.717) is 0 Å². The summed E-state index contributed by atoms with van der Waals surface area (Å²) in [6, 6.07) is 0. The Balaban J connectivity index is 0. The average Bonchev–Trinajstić information content (AvgIpc) is 1.38. The number of amides is 1. The van der Waals surface area contributed by atoms with E-state index in [1.165, 1.54) is 6.92 Å². The van der Waals surface area contributed by atoms with Gasteiger partial charge in [-0.1, -0.05) is 0 Å². The molecule has 0 aliphatic rings. The molecule has 0 bridgehead atoms. The third-order valence-electron chi connectivity index (χ3n) is 0.133. The standard InChI is InChI=1S/C2H4BrNO.Mg.2H/c1-2(5)4-3;;;/h1H3,(H,4,5);;;. The zero-order valence-electron chi connectivity index (χ0n) is 2.79. The van der Waals surface area contributed by atoms with Crippen molar-refractivity contribution in [3.63, 3.8) is 0 Å². The van der Waals surface area contributed by atoms with Gasteiger partial charge in [0.1, 0.15) is 0 Å². The summed E-state index contributed by atoms with van der Waals surface area (Å²) in [5, 5.41) is 0. The van der Waals surface area contributed by atoms with E-state index in [4.69, 9.17) is 0 Å². The lowest BCUT2D eigenvalue weighted by Crippen LogP contribution is -2.03. The molecule has 0 fully saturated rings. The van der Waals surface area contributed by atoms with Crippen molar-refractivity contribution in [2.75, 3.05) is 0 Å². The molecule has 0 saturated carbocycles. The minimum atomic E-state index is -0.0787. The first kappa shape index (κ1) is 9.87. The second kappa shape index (κ2) is 5.72. The molecule has 0 aromatic rings. The fourth-order valence-corrected chi connectivity index (χ4v) is 0. The second-order valence-corrected chi connectivity index (χ2v) is 1.05. The zero-order chi connectivity index (χ0) is 4.28. The zero-order valence-corrected chi connectivity index (χ0v) is 4.37. The lowest BCUT2D eigenvalue weighted by Gasteiger charge is -1.76. The fourth-order valence-electron chi connectivity index (χ4n) is 0. The molecule has 0 spiro atoms. The lowest BCUT2D eigenvalue weighted by atomic mass is 10.8. The van der Waals surface area contributed by atoms with Crippen molar-refractivity contribution in [3.8, 4) is 0 Å². The summed E-state index contributed by atoms with van der Waals surface area (Å²) in [4.78, 5) is 9.65. The highest BCUT2D eigenvalue weighted by Crippen LogP contribution is 1.63. The number of halogens is 1. The molecule has 0 aliphatic carbocycles. The van der Waals surface area contributed by atoms with Crippen LogP contribution in [-0.4, -0.2) is 29.0 Å². The van der Waals surface area contributed by atoms with Crippen LogP contribution in [0.2, 0.25) is 0 Å². The summed E-state index contributed by atoms with van der Waals surface area (Å²) in [6.45, 7) is 1.43. The summed E-state index contributed by atoms with van der Waals surface area (Å²) in [5.74, 6) is -0.0787. The van der Waals surface area contributed by atoms with Crippen molar-refractivity contribution in [2.45, 2.75) is 6.92 Å². The average molecular weight is 164 g/mol. The van der Waals surface area contributed by atoms with Crippen LogP contribution in [0.5, 0.6) is 0 Å². The Bertz CT molecular complexity index is 48.8. The van der Waals surface area contributed by atoms with Gasteiger partial charge in [-0.05, 0) is 0 Å². The number of hydrogen-bond acceptors (Lipinski definition) is 1. The van der Waals surface area contributed by atoms with E-state index >= 15 is 0 Å². The van der Waals surface area contributed by atoms with Gasteiger partial charge in [-0.2, -0.15) is 0 Å². The Morgan fingerprint density at radius 1 is 1.83 bits per heavy atom. The molecule has 2 nitrogen and oxygen atoms in total. The van der Waals surface area contributed by atoms with E-state index in [2.05, 4.69) is 20.5 Å². The van der Waals surface area contributed by atoms with Crippen LogP contribution in [0.15, 0.2) is 0 Å². The summed E-state index contributed by atoms with van der Waals surface area (Å²) < 4.78 is 2.20. The van der Waals surface area contributed by atoms with Gasteiger partial charge in [0, 0.05) is 23.1 Å². The van der Waals surface area contributed by atoms with E-state index in [0.717, 1.165) is 0 Å². The summed E-state index contributed by atoms with van der Waals surface area (Å²) in [5.41, 5.74) is 0. The maximum atomic E-state index is 9.65. The van der Waals surface area contributed by atoms with Gasteiger partial charge in [0.2, 0.25) is 5.91 Å². The highest BCUT2D eigenvalue weighted by Gasteiger charge is 1.75. The van der Waals surface area contributed by atoms with Gasteiger partial charge in [0.15, 0.2) is 0 Å². The molecular weight excluding hydrogens is 158 g/mol. The van der Waals surface area contributed by atoms with Crippen LogP contribution in [0.3, 0.4) is 0 Å². The number of carbonyl (C=O) groups is 1. The van der Waals surface area contributed by atoms with Crippen molar-refractivity contribution >= 4 is 45.1 Å². The molecule has 0 unspecified atom stereocenters. The second-order valence-electron chi connectivity index (χ2n) is 0.651. The quantitative estimate of drug-likeness (QED) is 0.380. The van der Waals surface area contributed by atoms with Crippen LogP contribution >= 0.6 is 16.1 Å². The maximum Gasteiger partial charge on any atom is 0.316 e. The topological polar surface area (TPSA) is 29.1 Å². The smallest absolute Gasteiger partial charge is 0.293 e. The molecule has 6 heavy (non-hydrogen) atoms. The van der Waals surface area contributed by atoms with Crippen LogP contribution < -0.4 is 4.34 Å². The van der Waals surface area contributed by atoms with Crippen molar-refractivity contribution in [2.24, 2.45) is 0 Å². The van der Waals surface area contributed by atoms with Gasteiger partial charge in [0.05, 0.1) is 0 Å². The predicted octanol–water partition coefficient (Wildman–Crippen LogP) is -0.484. The van der Waals surface area contributed by atoms with Gasteiger partial charge >= 0.3 is 23.1 Å². The predicted molar refractivity (Wildman–Crippen MR) is 31.3 cm³/mol. The number of carbonyl (C=O) groups excluding carboxylic acids is 1. The van der Waals surface area contributed by atoms with Crippen molar-refractivity contribution < 1.29 is 4.79 Å². The van der Waals surface area contributed by atoms with Crippen LogP contribution in [0, 0.1) is 0 Å². The molecule has 0 saturated heterocycles. The van der Waals surface area contributed by atoms with E-state index in [1.807, 2.05) is 0 Å². The Hall–Kier alpha value is 0.716. The molecular formula is C2H6BrMgNO. The highest BCUT2D eigenvalue weighted by molar-refractivity contribution is 9.08. The SMILES string of the molecule is CC(=O)NBr.[MgH2]. The third kappa shape index (κ3) is 8.83. The first-order chi connectivity index (χ1) is 2.27.